The molecule has 7 amide bonds. The van der Waals surface area contributed by atoms with E-state index >= 15 is 19.2 Å². The Morgan fingerprint density at radius 3 is 1.94 bits per heavy atom. The number of aromatic hydroxyl groups is 3. The van der Waals surface area contributed by atoms with Gasteiger partial charge in [-0.1, -0.05) is 85.1 Å². The van der Waals surface area contributed by atoms with Crippen LogP contribution >= 0.6 is 23.2 Å². The first-order valence-electron chi connectivity index (χ1n) is 34.1. The number of aliphatic carboxylic acids is 1. The van der Waals surface area contributed by atoms with Gasteiger partial charge in [-0.2, -0.15) is 0 Å². The molecule has 33 nitrogen and oxygen atoms in total. The molecular formula is C73H81Cl2N9O24. The van der Waals surface area contributed by atoms with Gasteiger partial charge in [0, 0.05) is 41.3 Å². The molecule has 13 rings (SSSR count). The van der Waals surface area contributed by atoms with Crippen LogP contribution < -0.4 is 62.9 Å². The Bertz CT molecular complexity index is 4490. The summed E-state index contributed by atoms with van der Waals surface area (Å²) in [5, 5.41) is 132. The number of ether oxygens (including phenoxy) is 6. The second-order valence-electron chi connectivity index (χ2n) is 27.8. The number of fused-ring (bicyclic) bond motifs is 15. The number of primary amides is 1. The molecule has 0 spiro atoms. The quantitative estimate of drug-likeness (QED) is 0.0699. The number of aliphatic hydroxyl groups excluding tert-OH is 6. The van der Waals surface area contributed by atoms with Crippen molar-refractivity contribution in [3.8, 4) is 57.1 Å². The number of amides is 7. The normalized spacial score (nSPS) is 28.3. The van der Waals surface area contributed by atoms with E-state index in [1.54, 1.807) is 0 Å². The second-order valence-corrected chi connectivity index (χ2v) is 28.6. The summed E-state index contributed by atoms with van der Waals surface area (Å²) >= 11 is 14.2. The standard InChI is InChI=1S/C73H81Cl2N9O24/c1-28(2)15-41(78-26-31-8-6-7-29(3)16-31)65(95)83-56-58(90)33-10-13-45(39(74)18-33)104-47-20-35-21-48(62(47)108-72-63(61(93)60(92)49(27-85)106-72)107-51-25-73(5,77)64(94)30(4)103-51)105-46-14-11-34(19-40(46)75)59(91)57-70(100)82-55(71(101)102)38-22-36(86)23-44(88)52(38)37-17-32(9-12-43(37)87)53(67(97)84-57)81-68(98)54(35)80-66(96)42(24-50(76)89)79-69(56)99/h6-14,16-23,28,30,41-42,49,51,53-61,63-64,72,78,85-88,90-94H,15,24-27,77H2,1-5H3,(H2,76,89)(H,79,99)(H,80,96)(H,81,98)(H,82,100)(H,83,95)(H,84,97)(H,101,102)/t30-,41+,42-,49+,51-,53+,54+,55-,56+,57-,58+,59+,60+,61-,63+,64+,72-,73-/m0/s1. The van der Waals surface area contributed by atoms with Crippen molar-refractivity contribution in [2.45, 2.75) is 170 Å². The molecule has 18 atom stereocenters. The van der Waals surface area contributed by atoms with E-state index in [1.807, 2.05) is 45.0 Å². The Morgan fingerprint density at radius 2 is 1.33 bits per heavy atom. The van der Waals surface area contributed by atoms with Gasteiger partial charge in [-0.15, -0.1) is 0 Å². The van der Waals surface area contributed by atoms with Crippen LogP contribution in [0, 0.1) is 12.8 Å². The maximum absolute atomic E-state index is 16.1. The summed E-state index contributed by atoms with van der Waals surface area (Å²) in [6, 6.07) is 6.64. The monoisotopic (exact) mass is 1540 g/mol. The maximum atomic E-state index is 16.1. The third-order valence-electron chi connectivity index (χ3n) is 19.1. The van der Waals surface area contributed by atoms with Crippen LogP contribution in [0.15, 0.2) is 103 Å². The summed E-state index contributed by atoms with van der Waals surface area (Å²) in [4.78, 5) is 119. The van der Waals surface area contributed by atoms with Crippen molar-refractivity contribution in [2.24, 2.45) is 17.4 Å². The number of nitrogens with one attached hydrogen (secondary N) is 7. The molecular weight excluding hydrogens is 1460 g/mol. The molecule has 6 aromatic rings. The fourth-order valence-corrected chi connectivity index (χ4v) is 13.9. The molecule has 7 aliphatic heterocycles. The van der Waals surface area contributed by atoms with Gasteiger partial charge >= 0.3 is 5.97 Å². The molecule has 576 valence electrons. The molecule has 7 heterocycles. The van der Waals surface area contributed by atoms with Crippen molar-refractivity contribution in [1.82, 2.24) is 37.2 Å². The minimum atomic E-state index is -2.36. The summed E-state index contributed by atoms with van der Waals surface area (Å²) in [5.74, 6) is -16.1. The van der Waals surface area contributed by atoms with E-state index in [0.717, 1.165) is 77.9 Å². The fourth-order valence-electron chi connectivity index (χ4n) is 13.5. The lowest BCUT2D eigenvalue weighted by Crippen LogP contribution is -2.64. The highest BCUT2D eigenvalue weighted by molar-refractivity contribution is 6.32. The molecule has 0 aliphatic carbocycles. The van der Waals surface area contributed by atoms with E-state index in [-0.39, 0.29) is 52.8 Å². The molecule has 21 N–H and O–H groups in total. The number of carboxylic acids is 1. The zero-order valence-corrected chi connectivity index (χ0v) is 59.9. The first kappa shape index (κ1) is 79.1. The Hall–Kier alpha value is -9.98. The summed E-state index contributed by atoms with van der Waals surface area (Å²) in [7, 11) is 0. The lowest BCUT2D eigenvalue weighted by Gasteiger charge is -2.47. The van der Waals surface area contributed by atoms with Crippen LogP contribution in [0.3, 0.4) is 0 Å². The number of hydrogen-bond donors (Lipinski definition) is 19. The highest BCUT2D eigenvalue weighted by atomic mass is 35.5. The van der Waals surface area contributed by atoms with E-state index in [1.165, 1.54) is 26.0 Å². The van der Waals surface area contributed by atoms with Gasteiger partial charge in [0.05, 0.1) is 41.3 Å². The van der Waals surface area contributed by atoms with Crippen LogP contribution in [-0.2, 0) is 59.1 Å². The molecule has 35 heteroatoms. The number of aliphatic hydroxyl groups is 6. The zero-order chi connectivity index (χ0) is 78.2. The molecule has 0 radical (unpaired) electrons. The number of carbonyl (C=O) groups is 8. The Morgan fingerprint density at radius 1 is 0.704 bits per heavy atom. The predicted molar refractivity (Wildman–Crippen MR) is 378 cm³/mol. The lowest BCUT2D eigenvalue weighted by atomic mass is 9.86. The van der Waals surface area contributed by atoms with Crippen molar-refractivity contribution in [2.75, 3.05) is 6.61 Å². The summed E-state index contributed by atoms with van der Waals surface area (Å²) in [5.41, 5.74) is 9.80. The number of halogens is 2. The molecule has 0 aromatic heterocycles. The molecule has 2 saturated heterocycles. The van der Waals surface area contributed by atoms with Gasteiger partial charge in [-0.25, -0.2) is 4.79 Å². The molecule has 2 fully saturated rings. The van der Waals surface area contributed by atoms with Gasteiger partial charge in [0.1, 0.15) is 89.5 Å². The summed E-state index contributed by atoms with van der Waals surface area (Å²) in [6.45, 7) is 7.75. The van der Waals surface area contributed by atoms with Gasteiger partial charge in [0.2, 0.25) is 53.4 Å². The molecule has 11 bridgehead atoms. The van der Waals surface area contributed by atoms with E-state index in [4.69, 9.17) is 63.1 Å². The fraction of sp³-hybridized carbons (Fsp3) is 0.397. The van der Waals surface area contributed by atoms with Crippen LogP contribution in [-0.4, -0.2) is 184 Å². The van der Waals surface area contributed by atoms with Gasteiger partial charge in [0.15, 0.2) is 29.9 Å². The Balaban J connectivity index is 1.14. The summed E-state index contributed by atoms with van der Waals surface area (Å²) in [6.07, 6.45) is -18.7. The summed E-state index contributed by atoms with van der Waals surface area (Å²) < 4.78 is 38.5. The van der Waals surface area contributed by atoms with Crippen LogP contribution in [0.4, 0.5) is 0 Å². The topological polar surface area (TPSA) is 530 Å². The molecule has 0 unspecified atom stereocenters. The highest BCUT2D eigenvalue weighted by Crippen LogP contribution is 2.50. The van der Waals surface area contributed by atoms with Gasteiger partial charge in [-0.3, -0.25) is 33.6 Å². The van der Waals surface area contributed by atoms with Crippen molar-refractivity contribution < 1.29 is 118 Å². The minimum Gasteiger partial charge on any atom is -0.508 e. The first-order valence-corrected chi connectivity index (χ1v) is 34.9. The number of rotatable bonds is 15. The maximum Gasteiger partial charge on any atom is 0.330 e. The lowest BCUT2D eigenvalue weighted by molar-refractivity contribution is -0.333. The number of phenols is 3. The SMILES string of the molecule is Cc1cccc(CN[C@H](CC(C)C)C(=O)N[C@H]2C(=O)N[C@@H](CC(N)=O)C(=O)N[C@H]3C(=O)N[C@H]4C(=O)N[C@H](C(=O)N[C@H](C(=O)O)c5cc(O)cc(O)c5-c5cc4ccc5O)[C@H](O)c4ccc(c(Cl)c4)Oc4cc3cc(c4O[C@@H]3O[C@H](CO)[C@@H](O)[C@H](O)[C@H]3O[C@H]3C[C@](C)(N)[C@H](O)[C@H](C)O3)Oc3ccc(cc3Cl)[C@H]2O)c1. The van der Waals surface area contributed by atoms with E-state index < -0.39 is 237 Å². The average molecular weight is 1540 g/mol. The smallest absolute Gasteiger partial charge is 0.330 e. The van der Waals surface area contributed by atoms with E-state index in [2.05, 4.69) is 37.2 Å². The third-order valence-corrected chi connectivity index (χ3v) is 19.6. The number of carbonyl (C=O) groups excluding carboxylic acids is 7. The Labute approximate surface area is 625 Å². The van der Waals surface area contributed by atoms with Crippen LogP contribution in [0.2, 0.25) is 10.0 Å². The van der Waals surface area contributed by atoms with Crippen LogP contribution in [0.25, 0.3) is 11.1 Å². The second kappa shape index (κ2) is 32.5. The molecule has 0 saturated carbocycles. The number of benzene rings is 6. The van der Waals surface area contributed by atoms with E-state index in [9.17, 15) is 70.2 Å². The third kappa shape index (κ3) is 17.1. The van der Waals surface area contributed by atoms with Crippen molar-refractivity contribution in [1.29, 1.82) is 0 Å². The zero-order valence-electron chi connectivity index (χ0n) is 58.3. The minimum absolute atomic E-state index is 0.146. The number of aryl methyl sites for hydroxylation is 1. The Kier molecular flexibility index (Phi) is 23.8. The van der Waals surface area contributed by atoms with Gasteiger partial charge in [-0.05, 0) is 116 Å². The average Bonchev–Trinajstić information content (AvgIpc) is 0.769. The number of nitrogens with two attached hydrogens (primary N) is 2. The van der Waals surface area contributed by atoms with E-state index in [0.29, 0.717) is 0 Å². The van der Waals surface area contributed by atoms with Crippen molar-refractivity contribution in [3.63, 3.8) is 0 Å². The predicted octanol–water partition coefficient (Wildman–Crippen LogP) is 1.99. The first-order chi connectivity index (χ1) is 51.1. The van der Waals surface area contributed by atoms with Crippen LogP contribution in [0.5, 0.6) is 46.0 Å². The van der Waals surface area contributed by atoms with Crippen molar-refractivity contribution in [3.05, 3.63) is 152 Å². The highest BCUT2D eigenvalue weighted by Gasteiger charge is 2.52. The number of phenolic OH excluding ortho intramolecular Hbond substituents is 3. The number of hydrogen-bond acceptors (Lipinski definition) is 25. The van der Waals surface area contributed by atoms with Crippen LogP contribution in [0.1, 0.15) is 116 Å². The molecule has 7 aliphatic rings. The van der Waals surface area contributed by atoms with Crippen molar-refractivity contribution >= 4 is 70.5 Å². The molecule has 108 heavy (non-hydrogen) atoms. The van der Waals surface area contributed by atoms with Gasteiger partial charge in [0.25, 0.3) is 0 Å². The van der Waals surface area contributed by atoms with Gasteiger partial charge < -0.3 is 128 Å². The molecule has 6 aromatic carbocycles. The largest absolute Gasteiger partial charge is 0.508 e. The number of carboxylic acid groups (broad SMARTS) is 1.